The van der Waals surface area contributed by atoms with Gasteiger partial charge in [0.25, 0.3) is 0 Å². The highest BCUT2D eigenvalue weighted by atomic mass is 19.1. The maximum atomic E-state index is 14.2. The molecule has 4 aliphatic rings. The first-order valence-electron chi connectivity index (χ1n) is 11.0. The first kappa shape index (κ1) is 18.2. The molecule has 1 spiro atoms. The normalized spacial score (nSPS) is 30.7. The van der Waals surface area contributed by atoms with E-state index in [1.54, 1.807) is 0 Å². The van der Waals surface area contributed by atoms with Gasteiger partial charge in [0.15, 0.2) is 5.78 Å². The summed E-state index contributed by atoms with van der Waals surface area (Å²) in [6.45, 7) is 0.685. The zero-order valence-corrected chi connectivity index (χ0v) is 17.1. The molecule has 0 unspecified atom stereocenters. The lowest BCUT2D eigenvalue weighted by Crippen LogP contribution is -2.53. The van der Waals surface area contributed by atoms with Gasteiger partial charge in [0.1, 0.15) is 11.4 Å². The number of halogens is 1. The quantitative estimate of drug-likeness (QED) is 0.558. The molecular formula is C26H19FN2O3. The summed E-state index contributed by atoms with van der Waals surface area (Å²) in [6.07, 6.45) is 1.66. The Kier molecular flexibility index (Phi) is 3.36. The molecule has 0 N–H and O–H groups in total. The Labute approximate surface area is 183 Å². The molecule has 1 aliphatic carbocycles. The molecule has 3 heterocycles. The molecule has 2 amide bonds. The van der Waals surface area contributed by atoms with E-state index in [9.17, 15) is 18.8 Å². The third-order valence-electron chi connectivity index (χ3n) is 7.96. The van der Waals surface area contributed by atoms with Crippen LogP contribution < -0.4 is 4.90 Å². The average molecular weight is 426 g/mol. The number of anilines is 1. The van der Waals surface area contributed by atoms with E-state index in [0.717, 1.165) is 29.2 Å². The second-order valence-corrected chi connectivity index (χ2v) is 9.20. The van der Waals surface area contributed by atoms with Crippen molar-refractivity contribution in [2.75, 3.05) is 11.4 Å². The summed E-state index contributed by atoms with van der Waals surface area (Å²) >= 11 is 0. The predicted octanol–water partition coefficient (Wildman–Crippen LogP) is 3.65. The number of ketones is 1. The molecular weight excluding hydrogens is 407 g/mol. The van der Waals surface area contributed by atoms with Crippen LogP contribution >= 0.6 is 0 Å². The summed E-state index contributed by atoms with van der Waals surface area (Å²) in [6, 6.07) is 16.8. The Hall–Kier alpha value is -3.38. The minimum absolute atomic E-state index is 0.0780. The van der Waals surface area contributed by atoms with E-state index in [4.69, 9.17) is 0 Å². The molecule has 158 valence electrons. The number of benzene rings is 3. The van der Waals surface area contributed by atoms with E-state index in [1.807, 2.05) is 36.4 Å². The summed E-state index contributed by atoms with van der Waals surface area (Å²) in [5.74, 6) is -2.51. The monoisotopic (exact) mass is 426 g/mol. The summed E-state index contributed by atoms with van der Waals surface area (Å²) in [4.78, 5) is 45.1. The van der Waals surface area contributed by atoms with Crippen LogP contribution in [0.1, 0.15) is 28.8 Å². The zero-order valence-electron chi connectivity index (χ0n) is 17.1. The number of rotatable bonds is 1. The van der Waals surface area contributed by atoms with E-state index in [0.29, 0.717) is 17.8 Å². The first-order valence-corrected chi connectivity index (χ1v) is 11.0. The van der Waals surface area contributed by atoms with Crippen molar-refractivity contribution in [3.05, 3.63) is 77.6 Å². The topological polar surface area (TPSA) is 57.7 Å². The third kappa shape index (κ3) is 1.87. The molecule has 0 aromatic heterocycles. The van der Waals surface area contributed by atoms with Crippen LogP contribution in [-0.4, -0.2) is 35.1 Å². The van der Waals surface area contributed by atoms with Gasteiger partial charge in [-0.2, -0.15) is 0 Å². The maximum Gasteiger partial charge on any atom is 0.240 e. The summed E-state index contributed by atoms with van der Waals surface area (Å²) in [7, 11) is 0. The third-order valence-corrected chi connectivity index (χ3v) is 7.96. The minimum atomic E-state index is -1.16. The van der Waals surface area contributed by atoms with Crippen LogP contribution in [0.3, 0.4) is 0 Å². The number of nitrogens with zero attached hydrogens (tertiary/aromatic N) is 2. The second-order valence-electron chi connectivity index (χ2n) is 9.20. The van der Waals surface area contributed by atoms with Gasteiger partial charge >= 0.3 is 0 Å². The molecule has 0 saturated carbocycles. The number of hydrogen-bond donors (Lipinski definition) is 0. The van der Waals surface area contributed by atoms with Crippen molar-refractivity contribution in [1.29, 1.82) is 0 Å². The smallest absolute Gasteiger partial charge is 0.240 e. The molecule has 0 bridgehead atoms. The van der Waals surface area contributed by atoms with Crippen molar-refractivity contribution >= 4 is 34.1 Å². The standard InChI is InChI=1S/C26H19FN2O3/c27-15-9-11-16(12-10-15)29-24(31)21-19-8-3-13-28(19)26(22(21)25(29)32)18-7-2-5-14-4-1-6-17(20(14)18)23(26)30/h1-2,4-7,9-12,19,21-22H,3,8,13H2/t19-,21+,22-,26+/m0/s1. The lowest BCUT2D eigenvalue weighted by molar-refractivity contribution is -0.124. The Bertz CT molecular complexity index is 1360. The van der Waals surface area contributed by atoms with Crippen molar-refractivity contribution in [3.8, 4) is 0 Å². The number of amides is 2. The van der Waals surface area contributed by atoms with Crippen LogP contribution in [0.15, 0.2) is 60.7 Å². The Balaban J connectivity index is 1.48. The average Bonchev–Trinajstić information content (AvgIpc) is 3.50. The van der Waals surface area contributed by atoms with Gasteiger partial charge in [-0.1, -0.05) is 36.4 Å². The number of imide groups is 1. The highest BCUT2D eigenvalue weighted by molar-refractivity contribution is 6.28. The largest absolute Gasteiger partial charge is 0.292 e. The van der Waals surface area contributed by atoms with Gasteiger partial charge in [-0.05, 0) is 60.0 Å². The second kappa shape index (κ2) is 5.90. The van der Waals surface area contributed by atoms with Gasteiger partial charge in [-0.25, -0.2) is 9.29 Å². The highest BCUT2D eigenvalue weighted by Crippen LogP contribution is 2.61. The number of carbonyl (C=O) groups is 3. The molecule has 6 heteroatoms. The van der Waals surface area contributed by atoms with E-state index in [-0.39, 0.29) is 23.6 Å². The Morgan fingerprint density at radius 3 is 2.44 bits per heavy atom. The van der Waals surface area contributed by atoms with Crippen LogP contribution in [0.25, 0.3) is 10.8 Å². The van der Waals surface area contributed by atoms with E-state index < -0.39 is 23.2 Å². The van der Waals surface area contributed by atoms with Gasteiger partial charge in [0.2, 0.25) is 11.8 Å². The number of carbonyl (C=O) groups excluding carboxylic acids is 3. The lowest BCUT2D eigenvalue weighted by atomic mass is 9.74. The van der Waals surface area contributed by atoms with Gasteiger partial charge in [-0.15, -0.1) is 0 Å². The van der Waals surface area contributed by atoms with E-state index in [1.165, 1.54) is 29.2 Å². The van der Waals surface area contributed by atoms with Gasteiger partial charge in [0, 0.05) is 11.6 Å². The van der Waals surface area contributed by atoms with Crippen molar-refractivity contribution in [2.45, 2.75) is 24.4 Å². The van der Waals surface area contributed by atoms with Crippen molar-refractivity contribution in [3.63, 3.8) is 0 Å². The van der Waals surface area contributed by atoms with Gasteiger partial charge in [0.05, 0.1) is 17.5 Å². The van der Waals surface area contributed by atoms with Gasteiger partial charge in [-0.3, -0.25) is 19.3 Å². The minimum Gasteiger partial charge on any atom is -0.292 e. The SMILES string of the molecule is O=C1[C@H]2[C@@H](C(=O)N1c1ccc(F)cc1)[C@]1(C(=O)c3cccc4cccc1c34)N1CCC[C@@H]21. The number of Topliss-reactive ketones (excluding diaryl/α,β-unsaturated/α-hetero) is 1. The van der Waals surface area contributed by atoms with Crippen LogP contribution in [0.5, 0.6) is 0 Å². The predicted molar refractivity (Wildman–Crippen MR) is 116 cm³/mol. The van der Waals surface area contributed by atoms with Crippen LogP contribution in [0, 0.1) is 17.7 Å². The highest BCUT2D eigenvalue weighted by Gasteiger charge is 2.74. The molecule has 3 aliphatic heterocycles. The first-order chi connectivity index (χ1) is 15.5. The van der Waals surface area contributed by atoms with Crippen LogP contribution in [0.2, 0.25) is 0 Å². The number of fused-ring (bicyclic) bond motifs is 6. The van der Waals surface area contributed by atoms with E-state index in [2.05, 4.69) is 4.90 Å². The molecule has 7 rings (SSSR count). The van der Waals surface area contributed by atoms with E-state index >= 15 is 0 Å². The summed E-state index contributed by atoms with van der Waals surface area (Å²) in [5.41, 5.74) is 0.676. The summed E-state index contributed by atoms with van der Waals surface area (Å²) in [5, 5.41) is 1.86. The van der Waals surface area contributed by atoms with Crippen LogP contribution in [-0.2, 0) is 15.1 Å². The molecule has 3 aromatic carbocycles. The Morgan fingerprint density at radius 1 is 0.906 bits per heavy atom. The van der Waals surface area contributed by atoms with Crippen molar-refractivity contribution in [2.24, 2.45) is 11.8 Å². The molecule has 3 saturated heterocycles. The molecule has 5 nitrogen and oxygen atoms in total. The molecule has 3 aromatic rings. The fourth-order valence-electron chi connectivity index (χ4n) is 6.91. The molecule has 0 radical (unpaired) electrons. The van der Waals surface area contributed by atoms with Crippen LogP contribution in [0.4, 0.5) is 10.1 Å². The fourth-order valence-corrected chi connectivity index (χ4v) is 6.91. The Morgan fingerprint density at radius 2 is 1.66 bits per heavy atom. The maximum absolute atomic E-state index is 14.2. The van der Waals surface area contributed by atoms with Crippen molar-refractivity contribution < 1.29 is 18.8 Å². The molecule has 4 atom stereocenters. The molecule has 3 fully saturated rings. The summed E-state index contributed by atoms with van der Waals surface area (Å²) < 4.78 is 13.5. The van der Waals surface area contributed by atoms with Gasteiger partial charge < -0.3 is 0 Å². The zero-order chi connectivity index (χ0) is 21.8. The molecule has 32 heavy (non-hydrogen) atoms. The fraction of sp³-hybridized carbons (Fsp3) is 0.269. The number of hydrogen-bond acceptors (Lipinski definition) is 4. The lowest BCUT2D eigenvalue weighted by Gasteiger charge is -2.38. The van der Waals surface area contributed by atoms with Crippen molar-refractivity contribution in [1.82, 2.24) is 4.90 Å².